The average Bonchev–Trinajstić information content (AvgIpc) is 2.64. The molecule has 0 radical (unpaired) electrons. The second-order valence-electron chi connectivity index (χ2n) is 5.68. The van der Waals surface area contributed by atoms with Crippen LogP contribution in [0.25, 0.3) is 0 Å². The van der Waals surface area contributed by atoms with Crippen molar-refractivity contribution in [1.82, 2.24) is 4.90 Å². The normalized spacial score (nSPS) is 11.8. The van der Waals surface area contributed by atoms with Gasteiger partial charge in [0.25, 0.3) is 0 Å². The van der Waals surface area contributed by atoms with E-state index in [1.807, 2.05) is 43.0 Å². The van der Waals surface area contributed by atoms with Crippen molar-refractivity contribution in [2.45, 2.75) is 31.2 Å². The highest BCUT2D eigenvalue weighted by atomic mass is 32.2. The molecular formula is C20H24FNO2S. The first-order valence-corrected chi connectivity index (χ1v) is 9.35. The van der Waals surface area contributed by atoms with E-state index < -0.39 is 0 Å². The minimum atomic E-state index is -0.246. The van der Waals surface area contributed by atoms with Crippen LogP contribution >= 0.6 is 11.8 Å². The molecule has 0 aromatic heterocycles. The van der Waals surface area contributed by atoms with Gasteiger partial charge in [-0.05, 0) is 55.8 Å². The third-order valence-electron chi connectivity index (χ3n) is 4.10. The van der Waals surface area contributed by atoms with Crippen LogP contribution < -0.4 is 4.74 Å². The molecule has 2 rings (SSSR count). The number of thioether (sulfide) groups is 1. The molecule has 1 atom stereocenters. The molecule has 0 spiro atoms. The van der Waals surface area contributed by atoms with Crippen LogP contribution in [0, 0.1) is 5.82 Å². The van der Waals surface area contributed by atoms with Crippen molar-refractivity contribution >= 4 is 17.7 Å². The number of hydrogen-bond donors (Lipinski definition) is 0. The molecule has 5 heteroatoms. The number of rotatable bonds is 8. The van der Waals surface area contributed by atoms with Gasteiger partial charge in [0.1, 0.15) is 11.6 Å². The summed E-state index contributed by atoms with van der Waals surface area (Å²) in [4.78, 5) is 15.5. The van der Waals surface area contributed by atoms with E-state index in [0.29, 0.717) is 18.7 Å². The molecule has 0 fully saturated rings. The quantitative estimate of drug-likeness (QED) is 0.625. The van der Waals surface area contributed by atoms with Gasteiger partial charge in [-0.1, -0.05) is 12.1 Å². The van der Waals surface area contributed by atoms with E-state index in [9.17, 15) is 9.18 Å². The van der Waals surface area contributed by atoms with Gasteiger partial charge in [-0.25, -0.2) is 4.39 Å². The number of benzene rings is 2. The molecule has 0 bridgehead atoms. The SMILES string of the molecule is CCN(C(=O)CCSc1ccc(F)cc1)C(C)c1cccc(OC)c1. The Labute approximate surface area is 153 Å². The van der Waals surface area contributed by atoms with Crippen LogP contribution in [0.5, 0.6) is 5.75 Å². The van der Waals surface area contributed by atoms with Crippen molar-refractivity contribution in [3.8, 4) is 5.75 Å². The summed E-state index contributed by atoms with van der Waals surface area (Å²) in [5, 5.41) is 0. The van der Waals surface area contributed by atoms with Gasteiger partial charge in [-0.15, -0.1) is 11.8 Å². The Bertz CT molecular complexity index is 690. The third kappa shape index (κ3) is 5.49. The lowest BCUT2D eigenvalue weighted by molar-refractivity contribution is -0.132. The lowest BCUT2D eigenvalue weighted by Gasteiger charge is -2.28. The average molecular weight is 361 g/mol. The van der Waals surface area contributed by atoms with E-state index in [-0.39, 0.29) is 17.8 Å². The zero-order valence-electron chi connectivity index (χ0n) is 14.9. The van der Waals surface area contributed by atoms with Crippen molar-refractivity contribution in [3.63, 3.8) is 0 Å². The molecule has 134 valence electrons. The fourth-order valence-corrected chi connectivity index (χ4v) is 3.52. The Morgan fingerprint density at radius 2 is 1.96 bits per heavy atom. The van der Waals surface area contributed by atoms with E-state index in [1.165, 1.54) is 12.1 Å². The Morgan fingerprint density at radius 3 is 2.60 bits per heavy atom. The Hall–Kier alpha value is -2.01. The molecule has 0 saturated carbocycles. The fraction of sp³-hybridized carbons (Fsp3) is 0.350. The molecule has 1 unspecified atom stereocenters. The maximum absolute atomic E-state index is 12.9. The highest BCUT2D eigenvalue weighted by Crippen LogP contribution is 2.25. The van der Waals surface area contributed by atoms with Crippen LogP contribution in [-0.4, -0.2) is 30.2 Å². The van der Waals surface area contributed by atoms with Crippen LogP contribution in [0.2, 0.25) is 0 Å². The first kappa shape index (κ1) is 19.3. The van der Waals surface area contributed by atoms with Crippen LogP contribution in [0.15, 0.2) is 53.4 Å². The lowest BCUT2D eigenvalue weighted by atomic mass is 10.1. The first-order chi connectivity index (χ1) is 12.0. The van der Waals surface area contributed by atoms with Crippen molar-refractivity contribution in [3.05, 3.63) is 59.9 Å². The van der Waals surface area contributed by atoms with Gasteiger partial charge in [0, 0.05) is 23.6 Å². The molecular weight excluding hydrogens is 337 g/mol. The number of amides is 1. The minimum absolute atomic E-state index is 0.0107. The zero-order valence-corrected chi connectivity index (χ0v) is 15.7. The van der Waals surface area contributed by atoms with Gasteiger partial charge in [0.2, 0.25) is 5.91 Å². The van der Waals surface area contributed by atoms with E-state index in [0.717, 1.165) is 16.2 Å². The standard InChI is InChI=1S/C20H24FNO2S/c1-4-22(15(2)16-6-5-7-18(14-16)24-3)20(23)12-13-25-19-10-8-17(21)9-11-19/h5-11,14-15H,4,12-13H2,1-3H3. The van der Waals surface area contributed by atoms with E-state index in [2.05, 4.69) is 0 Å². The van der Waals surface area contributed by atoms with Crippen molar-refractivity contribution in [1.29, 1.82) is 0 Å². The van der Waals surface area contributed by atoms with Gasteiger partial charge in [-0.3, -0.25) is 4.79 Å². The summed E-state index contributed by atoms with van der Waals surface area (Å²) in [7, 11) is 1.64. The molecule has 0 aliphatic carbocycles. The molecule has 25 heavy (non-hydrogen) atoms. The summed E-state index contributed by atoms with van der Waals surface area (Å²) in [6.45, 7) is 4.67. The molecule has 2 aromatic carbocycles. The first-order valence-electron chi connectivity index (χ1n) is 8.37. The van der Waals surface area contributed by atoms with Gasteiger partial charge < -0.3 is 9.64 Å². The largest absolute Gasteiger partial charge is 0.497 e. The monoisotopic (exact) mass is 361 g/mol. The molecule has 0 heterocycles. The van der Waals surface area contributed by atoms with Crippen molar-refractivity contribution in [2.24, 2.45) is 0 Å². The van der Waals surface area contributed by atoms with Crippen molar-refractivity contribution < 1.29 is 13.9 Å². The molecule has 1 amide bonds. The third-order valence-corrected chi connectivity index (χ3v) is 5.12. The summed E-state index contributed by atoms with van der Waals surface area (Å²) >= 11 is 1.56. The predicted octanol–water partition coefficient (Wildman–Crippen LogP) is 4.93. The Morgan fingerprint density at radius 1 is 1.24 bits per heavy atom. The van der Waals surface area contributed by atoms with Crippen LogP contribution in [-0.2, 0) is 4.79 Å². The molecule has 0 N–H and O–H groups in total. The number of carbonyl (C=O) groups is 1. The fourth-order valence-electron chi connectivity index (χ4n) is 2.68. The number of carbonyl (C=O) groups excluding carboxylic acids is 1. The molecule has 2 aromatic rings. The summed E-state index contributed by atoms with van der Waals surface area (Å²) < 4.78 is 18.2. The van der Waals surface area contributed by atoms with Crippen LogP contribution in [0.3, 0.4) is 0 Å². The molecule has 0 saturated heterocycles. The summed E-state index contributed by atoms with van der Waals surface area (Å²) in [6.07, 6.45) is 0.449. The molecule has 0 aliphatic rings. The number of hydrogen-bond acceptors (Lipinski definition) is 3. The highest BCUT2D eigenvalue weighted by molar-refractivity contribution is 7.99. The number of ether oxygens (including phenoxy) is 1. The minimum Gasteiger partial charge on any atom is -0.497 e. The van der Waals surface area contributed by atoms with Gasteiger partial charge in [0.05, 0.1) is 13.2 Å². The maximum atomic E-state index is 12.9. The Kier molecular flexibility index (Phi) is 7.31. The predicted molar refractivity (Wildman–Crippen MR) is 101 cm³/mol. The summed E-state index contributed by atoms with van der Waals surface area (Å²) in [5.74, 6) is 1.34. The highest BCUT2D eigenvalue weighted by Gasteiger charge is 2.20. The van der Waals surface area contributed by atoms with E-state index >= 15 is 0 Å². The van der Waals surface area contributed by atoms with E-state index in [4.69, 9.17) is 4.74 Å². The smallest absolute Gasteiger partial charge is 0.223 e. The molecule has 3 nitrogen and oxygen atoms in total. The number of nitrogens with zero attached hydrogens (tertiary/aromatic N) is 1. The Balaban J connectivity index is 1.93. The van der Waals surface area contributed by atoms with Crippen LogP contribution in [0.1, 0.15) is 31.9 Å². The second-order valence-corrected chi connectivity index (χ2v) is 6.85. The molecule has 0 aliphatic heterocycles. The van der Waals surface area contributed by atoms with Crippen LogP contribution in [0.4, 0.5) is 4.39 Å². The second kappa shape index (κ2) is 9.47. The summed E-state index contributed by atoms with van der Waals surface area (Å²) in [6, 6.07) is 14.1. The van der Waals surface area contributed by atoms with Gasteiger partial charge >= 0.3 is 0 Å². The van der Waals surface area contributed by atoms with Gasteiger partial charge in [-0.2, -0.15) is 0 Å². The maximum Gasteiger partial charge on any atom is 0.223 e. The topological polar surface area (TPSA) is 29.5 Å². The van der Waals surface area contributed by atoms with Gasteiger partial charge in [0.15, 0.2) is 0 Å². The van der Waals surface area contributed by atoms with Crippen molar-refractivity contribution in [2.75, 3.05) is 19.4 Å². The van der Waals surface area contributed by atoms with E-state index in [1.54, 1.807) is 31.0 Å². The lowest BCUT2D eigenvalue weighted by Crippen LogP contribution is -2.33. The number of halogens is 1. The zero-order chi connectivity index (χ0) is 18.2. The number of methoxy groups -OCH3 is 1. The summed E-state index contributed by atoms with van der Waals surface area (Å²) in [5.41, 5.74) is 1.06.